The van der Waals surface area contributed by atoms with Crippen LogP contribution in [0.15, 0.2) is 15.9 Å². The number of nitrogens with one attached hydrogen (secondary N) is 1. The maximum atomic E-state index is 11.6. The average molecular weight is 350 g/mol. The van der Waals surface area contributed by atoms with Gasteiger partial charge in [0.1, 0.15) is 0 Å². The van der Waals surface area contributed by atoms with Gasteiger partial charge in [0.25, 0.3) is 0 Å². The minimum atomic E-state index is -1.09. The number of amides is 1. The van der Waals surface area contributed by atoms with Gasteiger partial charge in [-0.2, -0.15) is 0 Å². The molecule has 0 aliphatic carbocycles. The Balaban J connectivity index is 2.28. The first-order valence-electron chi connectivity index (χ1n) is 5.78. The molecule has 5 nitrogen and oxygen atoms in total. The fraction of sp³-hybridized carbons (Fsp3) is 0.500. The second kappa shape index (κ2) is 8.29. The standard InChI is InChI=1S/C12H16BrNO4S/c1-18-7-9(12(16)17)14-11(15)4-2-3-8-5-6-10(13)19-8/h5-6,9H,2-4,7H2,1H3,(H,14,15)(H,16,17). The van der Waals surface area contributed by atoms with Crippen LogP contribution in [0.3, 0.4) is 0 Å². The van der Waals surface area contributed by atoms with Crippen LogP contribution in [-0.2, 0) is 20.7 Å². The molecule has 0 fully saturated rings. The molecule has 106 valence electrons. The van der Waals surface area contributed by atoms with Crippen LogP contribution < -0.4 is 5.32 Å². The van der Waals surface area contributed by atoms with Crippen molar-refractivity contribution in [2.45, 2.75) is 25.3 Å². The van der Waals surface area contributed by atoms with E-state index in [1.165, 1.54) is 12.0 Å². The zero-order valence-corrected chi connectivity index (χ0v) is 12.9. The highest BCUT2D eigenvalue weighted by Crippen LogP contribution is 2.23. The van der Waals surface area contributed by atoms with Crippen LogP contribution in [0.2, 0.25) is 0 Å². The molecule has 1 unspecified atom stereocenters. The maximum absolute atomic E-state index is 11.6. The molecule has 2 N–H and O–H groups in total. The zero-order chi connectivity index (χ0) is 14.3. The fourth-order valence-corrected chi connectivity index (χ4v) is 3.04. The highest BCUT2D eigenvalue weighted by molar-refractivity contribution is 9.11. The van der Waals surface area contributed by atoms with Crippen molar-refractivity contribution in [1.82, 2.24) is 5.32 Å². The smallest absolute Gasteiger partial charge is 0.328 e. The second-order valence-electron chi connectivity index (χ2n) is 3.97. The second-order valence-corrected chi connectivity index (χ2v) is 6.52. The van der Waals surface area contributed by atoms with Crippen LogP contribution in [0, 0.1) is 0 Å². The van der Waals surface area contributed by atoms with Gasteiger partial charge in [-0.1, -0.05) is 0 Å². The Kier molecular flexibility index (Phi) is 7.04. The molecule has 0 saturated heterocycles. The minimum Gasteiger partial charge on any atom is -0.480 e. The van der Waals surface area contributed by atoms with Gasteiger partial charge in [0.05, 0.1) is 10.4 Å². The number of rotatable bonds is 8. The summed E-state index contributed by atoms with van der Waals surface area (Å²) in [5.74, 6) is -1.35. The van der Waals surface area contributed by atoms with Crippen LogP contribution >= 0.6 is 27.3 Å². The molecule has 1 aromatic rings. The number of ether oxygens (including phenoxy) is 1. The Morgan fingerprint density at radius 3 is 2.79 bits per heavy atom. The van der Waals surface area contributed by atoms with E-state index in [9.17, 15) is 9.59 Å². The summed E-state index contributed by atoms with van der Waals surface area (Å²) in [6, 6.07) is 3.00. The summed E-state index contributed by atoms with van der Waals surface area (Å²) in [5.41, 5.74) is 0. The monoisotopic (exact) mass is 349 g/mol. The third kappa shape index (κ3) is 6.17. The maximum Gasteiger partial charge on any atom is 0.328 e. The lowest BCUT2D eigenvalue weighted by Crippen LogP contribution is -2.43. The van der Waals surface area contributed by atoms with Crippen molar-refractivity contribution in [2.24, 2.45) is 0 Å². The van der Waals surface area contributed by atoms with Crippen molar-refractivity contribution in [2.75, 3.05) is 13.7 Å². The molecular weight excluding hydrogens is 334 g/mol. The molecule has 7 heteroatoms. The van der Waals surface area contributed by atoms with E-state index in [0.717, 1.165) is 10.2 Å². The lowest BCUT2D eigenvalue weighted by atomic mass is 10.2. The van der Waals surface area contributed by atoms with Gasteiger partial charge in [-0.05, 0) is 40.9 Å². The third-order valence-corrected chi connectivity index (χ3v) is 4.11. The summed E-state index contributed by atoms with van der Waals surface area (Å²) >= 11 is 5.02. The van der Waals surface area contributed by atoms with Gasteiger partial charge in [-0.25, -0.2) is 4.79 Å². The van der Waals surface area contributed by atoms with E-state index in [1.807, 2.05) is 12.1 Å². The van der Waals surface area contributed by atoms with Crippen molar-refractivity contribution in [3.8, 4) is 0 Å². The number of aliphatic carboxylic acids is 1. The Morgan fingerprint density at radius 2 is 2.26 bits per heavy atom. The van der Waals surface area contributed by atoms with E-state index in [4.69, 9.17) is 9.84 Å². The first kappa shape index (κ1) is 16.1. The molecule has 0 saturated carbocycles. The fourth-order valence-electron chi connectivity index (χ4n) is 1.52. The molecule has 0 radical (unpaired) electrons. The minimum absolute atomic E-state index is 0.0288. The Morgan fingerprint density at radius 1 is 1.53 bits per heavy atom. The van der Waals surface area contributed by atoms with Gasteiger partial charge in [-0.15, -0.1) is 11.3 Å². The molecule has 1 atom stereocenters. The van der Waals surface area contributed by atoms with Crippen molar-refractivity contribution in [3.05, 3.63) is 20.8 Å². The average Bonchev–Trinajstić information content (AvgIpc) is 2.74. The van der Waals surface area contributed by atoms with Crippen molar-refractivity contribution >= 4 is 39.1 Å². The largest absolute Gasteiger partial charge is 0.480 e. The summed E-state index contributed by atoms with van der Waals surface area (Å²) < 4.78 is 5.81. The highest BCUT2D eigenvalue weighted by atomic mass is 79.9. The van der Waals surface area contributed by atoms with E-state index in [2.05, 4.69) is 21.2 Å². The number of halogens is 1. The van der Waals surface area contributed by atoms with Gasteiger partial charge >= 0.3 is 5.97 Å². The van der Waals surface area contributed by atoms with Crippen molar-refractivity contribution in [1.29, 1.82) is 0 Å². The highest BCUT2D eigenvalue weighted by Gasteiger charge is 2.19. The number of carbonyl (C=O) groups excluding carboxylic acids is 1. The number of aryl methyl sites for hydroxylation is 1. The number of carbonyl (C=O) groups is 2. The molecule has 0 aliphatic rings. The molecule has 0 spiro atoms. The molecular formula is C12H16BrNO4S. The SMILES string of the molecule is COCC(NC(=O)CCCc1ccc(Br)s1)C(=O)O. The van der Waals surface area contributed by atoms with Gasteiger partial charge < -0.3 is 15.2 Å². The first-order chi connectivity index (χ1) is 9.02. The van der Waals surface area contributed by atoms with E-state index in [0.29, 0.717) is 12.8 Å². The van der Waals surface area contributed by atoms with Crippen molar-refractivity contribution < 1.29 is 19.4 Å². The quantitative estimate of drug-likeness (QED) is 0.753. The predicted octanol–water partition coefficient (Wildman–Crippen LogP) is 2.05. The molecule has 19 heavy (non-hydrogen) atoms. The molecule has 1 heterocycles. The van der Waals surface area contributed by atoms with Crippen LogP contribution in [0.1, 0.15) is 17.7 Å². The van der Waals surface area contributed by atoms with Crippen LogP contribution in [0.4, 0.5) is 0 Å². The van der Waals surface area contributed by atoms with Crippen molar-refractivity contribution in [3.63, 3.8) is 0 Å². The molecule has 1 rings (SSSR count). The summed E-state index contributed by atoms with van der Waals surface area (Å²) in [6.07, 6.45) is 1.81. The van der Waals surface area contributed by atoms with Gasteiger partial charge in [0, 0.05) is 18.4 Å². The van der Waals surface area contributed by atoms with Gasteiger partial charge in [0.15, 0.2) is 6.04 Å². The molecule has 0 bridgehead atoms. The summed E-state index contributed by atoms with van der Waals surface area (Å²) in [7, 11) is 1.40. The summed E-state index contributed by atoms with van der Waals surface area (Å²) in [4.78, 5) is 23.6. The van der Waals surface area contributed by atoms with E-state index < -0.39 is 12.0 Å². The summed E-state index contributed by atoms with van der Waals surface area (Å²) in [5, 5.41) is 11.3. The number of thiophene rings is 1. The molecule has 1 amide bonds. The lowest BCUT2D eigenvalue weighted by Gasteiger charge is -2.13. The van der Waals surface area contributed by atoms with Crippen LogP contribution in [-0.4, -0.2) is 36.7 Å². The number of carboxylic acids is 1. The Bertz CT molecular complexity index is 435. The summed E-state index contributed by atoms with van der Waals surface area (Å²) in [6.45, 7) is -0.0288. The molecule has 0 aliphatic heterocycles. The third-order valence-electron chi connectivity index (χ3n) is 2.42. The van der Waals surface area contributed by atoms with E-state index in [-0.39, 0.29) is 12.5 Å². The van der Waals surface area contributed by atoms with Gasteiger partial charge in [-0.3, -0.25) is 4.79 Å². The topological polar surface area (TPSA) is 75.6 Å². The number of carboxylic acid groups (broad SMARTS) is 1. The van der Waals surface area contributed by atoms with E-state index >= 15 is 0 Å². The number of hydrogen-bond donors (Lipinski definition) is 2. The normalized spacial score (nSPS) is 12.1. The number of methoxy groups -OCH3 is 1. The number of hydrogen-bond acceptors (Lipinski definition) is 4. The Hall–Kier alpha value is -0.920. The van der Waals surface area contributed by atoms with E-state index in [1.54, 1.807) is 11.3 Å². The molecule has 1 aromatic heterocycles. The Labute approximate surface area is 124 Å². The predicted molar refractivity (Wildman–Crippen MR) is 76.4 cm³/mol. The van der Waals surface area contributed by atoms with Gasteiger partial charge in [0.2, 0.25) is 5.91 Å². The van der Waals surface area contributed by atoms with Crippen LogP contribution in [0.5, 0.6) is 0 Å². The first-order valence-corrected chi connectivity index (χ1v) is 7.39. The zero-order valence-electron chi connectivity index (χ0n) is 10.5. The molecule has 0 aromatic carbocycles. The lowest BCUT2D eigenvalue weighted by molar-refractivity contribution is -0.143. The van der Waals surface area contributed by atoms with Crippen LogP contribution in [0.25, 0.3) is 0 Å².